The van der Waals surface area contributed by atoms with Crippen molar-refractivity contribution < 1.29 is 27.5 Å². The van der Waals surface area contributed by atoms with E-state index in [1.807, 2.05) is 18.7 Å². The van der Waals surface area contributed by atoms with Crippen molar-refractivity contribution in [3.05, 3.63) is 94.8 Å². The Hall–Kier alpha value is -3.85. The summed E-state index contributed by atoms with van der Waals surface area (Å²) in [5.41, 5.74) is 2.25. The van der Waals surface area contributed by atoms with Crippen molar-refractivity contribution in [2.45, 2.75) is 51.7 Å². The Morgan fingerprint density at radius 3 is 2.34 bits per heavy atom. The number of carbonyl (C=O) groups is 2. The number of fused-ring (bicyclic) bond motifs is 1. The summed E-state index contributed by atoms with van der Waals surface area (Å²) in [5, 5.41) is 3.50. The van der Waals surface area contributed by atoms with E-state index in [2.05, 4.69) is 5.32 Å². The van der Waals surface area contributed by atoms with E-state index in [-0.39, 0.29) is 41.1 Å². The van der Waals surface area contributed by atoms with Crippen molar-refractivity contribution in [3.8, 4) is 11.5 Å². The highest BCUT2D eigenvalue weighted by molar-refractivity contribution is 6.00. The first-order chi connectivity index (χ1) is 19.7. The molecule has 216 valence electrons. The SMILES string of the molecule is CC(C)C(C(=O)N1CCC(NCc2ccc(F)cc2)CC1)N1CCc2ccc(Oc3ccc(F)cc3F)cc2C1=O. The molecule has 2 heterocycles. The average molecular weight is 566 g/mol. The van der Waals surface area contributed by atoms with E-state index in [0.717, 1.165) is 36.1 Å². The quantitative estimate of drug-likeness (QED) is 0.381. The number of piperidine rings is 1. The monoisotopic (exact) mass is 565 g/mol. The van der Waals surface area contributed by atoms with Crippen molar-refractivity contribution in [1.82, 2.24) is 15.1 Å². The van der Waals surface area contributed by atoms with Gasteiger partial charge in [-0.1, -0.05) is 32.0 Å². The van der Waals surface area contributed by atoms with E-state index in [1.54, 1.807) is 35.2 Å². The molecule has 1 N–H and O–H groups in total. The third kappa shape index (κ3) is 6.56. The first-order valence-corrected chi connectivity index (χ1v) is 14.0. The maximum absolute atomic E-state index is 14.1. The summed E-state index contributed by atoms with van der Waals surface area (Å²) in [6, 6.07) is 14.1. The van der Waals surface area contributed by atoms with Gasteiger partial charge in [0.15, 0.2) is 11.6 Å². The maximum Gasteiger partial charge on any atom is 0.254 e. The number of hydrogen-bond donors (Lipinski definition) is 1. The van der Waals surface area contributed by atoms with Crippen molar-refractivity contribution in [2.24, 2.45) is 5.92 Å². The second-order valence-corrected chi connectivity index (χ2v) is 11.0. The Kier molecular flexibility index (Phi) is 8.63. The highest BCUT2D eigenvalue weighted by atomic mass is 19.1. The number of nitrogens with one attached hydrogen (secondary N) is 1. The number of amides is 2. The molecule has 0 radical (unpaired) electrons. The lowest BCUT2D eigenvalue weighted by Gasteiger charge is -2.41. The number of carbonyl (C=O) groups excluding carboxylic acids is 2. The van der Waals surface area contributed by atoms with Gasteiger partial charge in [0.2, 0.25) is 5.91 Å². The van der Waals surface area contributed by atoms with Gasteiger partial charge in [0.05, 0.1) is 0 Å². The number of nitrogens with zero attached hydrogens (tertiary/aromatic N) is 2. The van der Waals surface area contributed by atoms with Gasteiger partial charge in [0.25, 0.3) is 5.91 Å². The molecular weight excluding hydrogens is 531 g/mol. The van der Waals surface area contributed by atoms with Crippen LogP contribution in [0, 0.1) is 23.4 Å². The minimum atomic E-state index is -0.837. The second-order valence-electron chi connectivity index (χ2n) is 11.0. The van der Waals surface area contributed by atoms with Crippen LogP contribution in [-0.2, 0) is 17.8 Å². The molecule has 2 amide bonds. The molecule has 41 heavy (non-hydrogen) atoms. The van der Waals surface area contributed by atoms with Crippen LogP contribution in [0.3, 0.4) is 0 Å². The molecular formula is C32H34F3N3O3. The highest BCUT2D eigenvalue weighted by Gasteiger charge is 2.39. The van der Waals surface area contributed by atoms with E-state index in [4.69, 9.17) is 4.74 Å². The molecule has 0 aliphatic carbocycles. The summed E-state index contributed by atoms with van der Waals surface area (Å²) in [5.74, 6) is -2.12. The second kappa shape index (κ2) is 12.3. The number of hydrogen-bond acceptors (Lipinski definition) is 4. The summed E-state index contributed by atoms with van der Waals surface area (Å²) in [6.45, 7) is 6.11. The molecule has 3 aromatic rings. The lowest BCUT2D eigenvalue weighted by atomic mass is 9.92. The van der Waals surface area contributed by atoms with Crippen LogP contribution < -0.4 is 10.1 Å². The zero-order chi connectivity index (χ0) is 29.1. The lowest BCUT2D eigenvalue weighted by molar-refractivity contribution is -0.139. The molecule has 1 atom stereocenters. The van der Waals surface area contributed by atoms with E-state index in [0.29, 0.717) is 38.2 Å². The minimum absolute atomic E-state index is 0.0606. The molecule has 1 saturated heterocycles. The van der Waals surface area contributed by atoms with E-state index >= 15 is 0 Å². The van der Waals surface area contributed by atoms with Crippen molar-refractivity contribution in [1.29, 1.82) is 0 Å². The van der Waals surface area contributed by atoms with Crippen LogP contribution in [0.1, 0.15) is 48.2 Å². The summed E-state index contributed by atoms with van der Waals surface area (Å²) in [6.07, 6.45) is 2.16. The highest BCUT2D eigenvalue weighted by Crippen LogP contribution is 2.31. The molecule has 1 unspecified atom stereocenters. The van der Waals surface area contributed by atoms with E-state index in [1.165, 1.54) is 18.2 Å². The third-order valence-corrected chi connectivity index (χ3v) is 7.85. The summed E-state index contributed by atoms with van der Waals surface area (Å²) < 4.78 is 46.2. The molecule has 2 aliphatic heterocycles. The van der Waals surface area contributed by atoms with Gasteiger partial charge in [0.1, 0.15) is 23.4 Å². The smallest absolute Gasteiger partial charge is 0.254 e. The molecule has 6 nitrogen and oxygen atoms in total. The van der Waals surface area contributed by atoms with Gasteiger partial charge >= 0.3 is 0 Å². The van der Waals surface area contributed by atoms with Crippen LogP contribution in [0.5, 0.6) is 11.5 Å². The zero-order valence-electron chi connectivity index (χ0n) is 23.2. The lowest BCUT2D eigenvalue weighted by Crippen LogP contribution is -2.57. The molecule has 9 heteroatoms. The van der Waals surface area contributed by atoms with Crippen LogP contribution in [0.4, 0.5) is 13.2 Å². The number of halogens is 3. The Labute approximate surface area is 238 Å². The zero-order valence-corrected chi connectivity index (χ0v) is 23.2. The Balaban J connectivity index is 1.23. The molecule has 0 aromatic heterocycles. The Morgan fingerprint density at radius 1 is 0.951 bits per heavy atom. The molecule has 0 bridgehead atoms. The summed E-state index contributed by atoms with van der Waals surface area (Å²) in [7, 11) is 0. The van der Waals surface area contributed by atoms with Crippen LogP contribution in [0.2, 0.25) is 0 Å². The fraction of sp³-hybridized carbons (Fsp3) is 0.375. The number of rotatable bonds is 8. The number of ether oxygens (including phenoxy) is 1. The average Bonchev–Trinajstić information content (AvgIpc) is 2.96. The normalized spacial score (nSPS) is 16.6. The van der Waals surface area contributed by atoms with Crippen molar-refractivity contribution >= 4 is 11.8 Å². The Morgan fingerprint density at radius 2 is 1.66 bits per heavy atom. The molecule has 2 aliphatic rings. The largest absolute Gasteiger partial charge is 0.454 e. The third-order valence-electron chi connectivity index (χ3n) is 7.85. The first kappa shape index (κ1) is 28.7. The predicted molar refractivity (Wildman–Crippen MR) is 149 cm³/mol. The molecule has 1 fully saturated rings. The first-order valence-electron chi connectivity index (χ1n) is 14.0. The molecule has 0 saturated carbocycles. The van der Waals surface area contributed by atoms with Crippen molar-refractivity contribution in [3.63, 3.8) is 0 Å². The van der Waals surface area contributed by atoms with Crippen LogP contribution in [0.25, 0.3) is 0 Å². The van der Waals surface area contributed by atoms with Gasteiger partial charge in [-0.2, -0.15) is 0 Å². The minimum Gasteiger partial charge on any atom is -0.454 e. The van der Waals surface area contributed by atoms with Crippen molar-refractivity contribution in [2.75, 3.05) is 19.6 Å². The number of benzene rings is 3. The fourth-order valence-electron chi connectivity index (χ4n) is 5.62. The Bertz CT molecular complexity index is 1410. The van der Waals surface area contributed by atoms with Gasteiger partial charge < -0.3 is 19.9 Å². The van der Waals surface area contributed by atoms with Gasteiger partial charge in [0, 0.05) is 43.9 Å². The van der Waals surface area contributed by atoms with Gasteiger partial charge in [-0.3, -0.25) is 9.59 Å². The molecule has 0 spiro atoms. The van der Waals surface area contributed by atoms with Crippen LogP contribution in [0.15, 0.2) is 60.7 Å². The number of likely N-dealkylation sites (tertiary alicyclic amines) is 1. The van der Waals surface area contributed by atoms with Crippen LogP contribution in [-0.4, -0.2) is 53.3 Å². The summed E-state index contributed by atoms with van der Waals surface area (Å²) >= 11 is 0. The summed E-state index contributed by atoms with van der Waals surface area (Å²) in [4.78, 5) is 31.0. The maximum atomic E-state index is 14.1. The van der Waals surface area contributed by atoms with E-state index in [9.17, 15) is 22.8 Å². The topological polar surface area (TPSA) is 61.9 Å². The van der Waals surface area contributed by atoms with Gasteiger partial charge in [-0.05, 0) is 72.7 Å². The van der Waals surface area contributed by atoms with Gasteiger partial charge in [-0.15, -0.1) is 0 Å². The van der Waals surface area contributed by atoms with E-state index < -0.39 is 17.7 Å². The standard InChI is InChI=1S/C32H34F3N3O3/c1-20(2)30(32(40)37-14-12-25(13-15-37)36-19-21-3-6-23(33)7-4-21)38-16-11-22-5-9-26(18-27(22)31(38)39)41-29-10-8-24(34)17-28(29)35/h3-10,17-18,20,25,30,36H,11-16,19H2,1-2H3. The predicted octanol–water partition coefficient (Wildman–Crippen LogP) is 5.70. The molecule has 5 rings (SSSR count). The van der Waals surface area contributed by atoms with Crippen LogP contribution >= 0.6 is 0 Å². The molecule has 3 aromatic carbocycles. The van der Waals surface area contributed by atoms with Gasteiger partial charge in [-0.25, -0.2) is 13.2 Å². The fourth-order valence-corrected chi connectivity index (χ4v) is 5.62.